The molecule has 2 aromatic heterocycles. The van der Waals surface area contributed by atoms with Crippen molar-refractivity contribution < 1.29 is 9.59 Å². The lowest BCUT2D eigenvalue weighted by atomic mass is 10.0. The molecular weight excluding hydrogens is 288 g/mol. The fourth-order valence-corrected chi connectivity index (χ4v) is 3.05. The topological polar surface area (TPSA) is 67.2 Å². The molecule has 1 N–H and O–H groups in total. The molecule has 2 aromatic rings. The van der Waals surface area contributed by atoms with Gasteiger partial charge in [-0.3, -0.25) is 19.2 Å². The number of hydrogen-bond acceptors (Lipinski definition) is 4. The zero-order chi connectivity index (χ0) is 14.8. The summed E-state index contributed by atoms with van der Waals surface area (Å²) in [5, 5.41) is 10.7. The van der Waals surface area contributed by atoms with Gasteiger partial charge >= 0.3 is 0 Å². The van der Waals surface area contributed by atoms with Gasteiger partial charge in [-0.25, -0.2) is 0 Å². The maximum absolute atomic E-state index is 12.5. The van der Waals surface area contributed by atoms with Crippen LogP contribution in [0.2, 0.25) is 0 Å². The first-order valence-electron chi connectivity index (χ1n) is 6.79. The highest BCUT2D eigenvalue weighted by molar-refractivity contribution is 7.08. The lowest BCUT2D eigenvalue weighted by molar-refractivity contribution is -0.121. The second-order valence-electron chi connectivity index (χ2n) is 5.02. The Bertz CT molecular complexity index is 650. The van der Waals surface area contributed by atoms with Crippen LogP contribution in [0.1, 0.15) is 23.2 Å². The number of thiophene rings is 1. The third-order valence-corrected chi connectivity index (χ3v) is 4.19. The van der Waals surface area contributed by atoms with Gasteiger partial charge in [-0.15, -0.1) is 0 Å². The predicted molar refractivity (Wildman–Crippen MR) is 80.4 cm³/mol. The number of amides is 2. The average Bonchev–Trinajstić information content (AvgIpc) is 3.12. The average molecular weight is 304 g/mol. The van der Waals surface area contributed by atoms with Crippen LogP contribution in [0.25, 0.3) is 0 Å². The standard InChI is InChI=1S/C14H16N4O2S/c1-17-7-4-12(16-17)18-6-2-3-11(14(18)20)15-13(19)10-5-8-21-9-10/h4-5,7-9,11H,2-3,6H2,1H3,(H,15,19). The van der Waals surface area contributed by atoms with E-state index in [2.05, 4.69) is 10.4 Å². The molecule has 1 atom stereocenters. The van der Waals surface area contributed by atoms with Crippen LogP contribution in [-0.4, -0.2) is 34.2 Å². The van der Waals surface area contributed by atoms with E-state index in [4.69, 9.17) is 0 Å². The number of nitrogens with one attached hydrogen (secondary N) is 1. The van der Waals surface area contributed by atoms with Crippen molar-refractivity contribution in [2.75, 3.05) is 11.4 Å². The van der Waals surface area contributed by atoms with E-state index in [0.29, 0.717) is 24.3 Å². The third-order valence-electron chi connectivity index (χ3n) is 3.50. The number of aromatic nitrogens is 2. The minimum absolute atomic E-state index is 0.0940. The van der Waals surface area contributed by atoms with Crippen LogP contribution in [-0.2, 0) is 11.8 Å². The summed E-state index contributed by atoms with van der Waals surface area (Å²) in [6.07, 6.45) is 3.31. The maximum Gasteiger partial charge on any atom is 0.252 e. The molecule has 0 bridgehead atoms. The molecule has 1 saturated heterocycles. The molecule has 110 valence electrons. The minimum atomic E-state index is -0.479. The molecule has 0 aliphatic carbocycles. The number of anilines is 1. The Balaban J connectivity index is 1.72. The largest absolute Gasteiger partial charge is 0.340 e. The molecule has 21 heavy (non-hydrogen) atoms. The first-order valence-corrected chi connectivity index (χ1v) is 7.73. The van der Waals surface area contributed by atoms with Gasteiger partial charge in [0, 0.05) is 31.2 Å². The smallest absolute Gasteiger partial charge is 0.252 e. The van der Waals surface area contributed by atoms with Gasteiger partial charge in [-0.2, -0.15) is 16.4 Å². The molecule has 0 spiro atoms. The summed E-state index contributed by atoms with van der Waals surface area (Å²) in [6.45, 7) is 0.640. The summed E-state index contributed by atoms with van der Waals surface area (Å²) >= 11 is 1.46. The summed E-state index contributed by atoms with van der Waals surface area (Å²) in [6, 6.07) is 3.08. The monoisotopic (exact) mass is 304 g/mol. The Morgan fingerprint density at radius 3 is 3.00 bits per heavy atom. The van der Waals surface area contributed by atoms with Gasteiger partial charge < -0.3 is 5.32 Å². The summed E-state index contributed by atoms with van der Waals surface area (Å²) in [7, 11) is 1.81. The van der Waals surface area contributed by atoms with E-state index in [1.54, 1.807) is 33.3 Å². The highest BCUT2D eigenvalue weighted by Crippen LogP contribution is 2.19. The van der Waals surface area contributed by atoms with Gasteiger partial charge in [-0.05, 0) is 24.3 Å². The van der Waals surface area contributed by atoms with Crippen LogP contribution < -0.4 is 10.2 Å². The molecule has 3 rings (SSSR count). The third kappa shape index (κ3) is 2.82. The van der Waals surface area contributed by atoms with E-state index in [-0.39, 0.29) is 11.8 Å². The fourth-order valence-electron chi connectivity index (χ4n) is 2.42. The lowest BCUT2D eigenvalue weighted by Crippen LogP contribution is -2.52. The lowest BCUT2D eigenvalue weighted by Gasteiger charge is -2.31. The van der Waals surface area contributed by atoms with Crippen LogP contribution in [0.3, 0.4) is 0 Å². The predicted octanol–water partition coefficient (Wildman–Crippen LogP) is 1.41. The number of carbonyl (C=O) groups excluding carboxylic acids is 2. The van der Waals surface area contributed by atoms with E-state index in [1.165, 1.54) is 11.3 Å². The second-order valence-corrected chi connectivity index (χ2v) is 5.80. The molecule has 0 aromatic carbocycles. The Morgan fingerprint density at radius 1 is 1.48 bits per heavy atom. The van der Waals surface area contributed by atoms with Gasteiger partial charge in [-0.1, -0.05) is 0 Å². The Kier molecular flexibility index (Phi) is 3.74. The van der Waals surface area contributed by atoms with Crippen molar-refractivity contribution in [3.05, 3.63) is 34.7 Å². The van der Waals surface area contributed by atoms with Crippen LogP contribution in [0.4, 0.5) is 5.82 Å². The molecule has 3 heterocycles. The van der Waals surface area contributed by atoms with E-state index in [0.717, 1.165) is 6.42 Å². The first-order chi connectivity index (χ1) is 10.1. The van der Waals surface area contributed by atoms with Crippen LogP contribution in [0, 0.1) is 0 Å². The van der Waals surface area contributed by atoms with Crippen molar-refractivity contribution in [1.82, 2.24) is 15.1 Å². The van der Waals surface area contributed by atoms with Crippen molar-refractivity contribution in [2.45, 2.75) is 18.9 Å². The number of aryl methyl sites for hydroxylation is 1. The van der Waals surface area contributed by atoms with E-state index in [1.807, 2.05) is 12.4 Å². The number of carbonyl (C=O) groups is 2. The van der Waals surface area contributed by atoms with Crippen LogP contribution >= 0.6 is 11.3 Å². The van der Waals surface area contributed by atoms with Crippen LogP contribution in [0.5, 0.6) is 0 Å². The van der Waals surface area contributed by atoms with Crippen molar-refractivity contribution >= 4 is 29.0 Å². The van der Waals surface area contributed by atoms with Gasteiger partial charge in [0.25, 0.3) is 11.8 Å². The summed E-state index contributed by atoms with van der Waals surface area (Å²) < 4.78 is 1.66. The number of nitrogens with zero attached hydrogens (tertiary/aromatic N) is 3. The van der Waals surface area contributed by atoms with Crippen molar-refractivity contribution in [3.8, 4) is 0 Å². The zero-order valence-electron chi connectivity index (χ0n) is 11.7. The van der Waals surface area contributed by atoms with E-state index < -0.39 is 6.04 Å². The summed E-state index contributed by atoms with van der Waals surface area (Å²) in [5.41, 5.74) is 0.600. The van der Waals surface area contributed by atoms with E-state index in [9.17, 15) is 9.59 Å². The summed E-state index contributed by atoms with van der Waals surface area (Å²) in [4.78, 5) is 26.2. The highest BCUT2D eigenvalue weighted by atomic mass is 32.1. The fraction of sp³-hybridized carbons (Fsp3) is 0.357. The minimum Gasteiger partial charge on any atom is -0.340 e. The molecule has 0 saturated carbocycles. The second kappa shape index (κ2) is 5.69. The van der Waals surface area contributed by atoms with Crippen LogP contribution in [0.15, 0.2) is 29.1 Å². The molecular formula is C14H16N4O2S. The molecule has 7 heteroatoms. The molecule has 1 fully saturated rings. The van der Waals surface area contributed by atoms with Crippen molar-refractivity contribution in [2.24, 2.45) is 7.05 Å². The Morgan fingerprint density at radius 2 is 2.33 bits per heavy atom. The number of rotatable bonds is 3. The maximum atomic E-state index is 12.5. The quantitative estimate of drug-likeness (QED) is 0.932. The van der Waals surface area contributed by atoms with Gasteiger partial charge in [0.15, 0.2) is 5.82 Å². The molecule has 2 amide bonds. The van der Waals surface area contributed by atoms with E-state index >= 15 is 0 Å². The molecule has 1 aliphatic heterocycles. The molecule has 0 radical (unpaired) electrons. The SMILES string of the molecule is Cn1ccc(N2CCCC(NC(=O)c3ccsc3)C2=O)n1. The summed E-state index contributed by atoms with van der Waals surface area (Å²) in [5.74, 6) is 0.345. The Hall–Kier alpha value is -2.15. The van der Waals surface area contributed by atoms with Gasteiger partial charge in [0.2, 0.25) is 0 Å². The van der Waals surface area contributed by atoms with Gasteiger partial charge in [0.05, 0.1) is 5.56 Å². The van der Waals surface area contributed by atoms with Gasteiger partial charge in [0.1, 0.15) is 6.04 Å². The van der Waals surface area contributed by atoms with Crippen molar-refractivity contribution in [1.29, 1.82) is 0 Å². The van der Waals surface area contributed by atoms with Crippen molar-refractivity contribution in [3.63, 3.8) is 0 Å². The molecule has 1 aliphatic rings. The number of hydrogen-bond donors (Lipinski definition) is 1. The highest BCUT2D eigenvalue weighted by Gasteiger charge is 2.32. The number of piperidine rings is 1. The molecule has 1 unspecified atom stereocenters. The molecule has 6 nitrogen and oxygen atoms in total. The normalized spacial score (nSPS) is 18.8. The first kappa shape index (κ1) is 13.8. The zero-order valence-corrected chi connectivity index (χ0v) is 12.5. The Labute approximate surface area is 126 Å².